The van der Waals surface area contributed by atoms with E-state index in [0.717, 1.165) is 19.6 Å². The van der Waals surface area contributed by atoms with Crippen molar-refractivity contribution in [3.05, 3.63) is 0 Å². The quantitative estimate of drug-likeness (QED) is 0.690. The molecule has 0 aliphatic rings. The highest BCUT2D eigenvalue weighted by Crippen LogP contribution is 2.04. The van der Waals surface area contributed by atoms with Gasteiger partial charge >= 0.3 is 0 Å². The van der Waals surface area contributed by atoms with Crippen molar-refractivity contribution in [3.8, 4) is 0 Å². The molecule has 0 aromatic rings. The minimum atomic E-state index is 0.198. The fourth-order valence-corrected chi connectivity index (χ4v) is 1.22. The molecule has 1 N–H and O–H groups in total. The van der Waals surface area contributed by atoms with Gasteiger partial charge in [0.2, 0.25) is 0 Å². The van der Waals surface area contributed by atoms with Gasteiger partial charge in [0.1, 0.15) is 0 Å². The summed E-state index contributed by atoms with van der Waals surface area (Å²) >= 11 is 0. The number of nitrogens with one attached hydrogen (secondary N) is 1. The smallest absolute Gasteiger partial charge is 0.0699 e. The van der Waals surface area contributed by atoms with Crippen LogP contribution in [-0.2, 0) is 4.74 Å². The van der Waals surface area contributed by atoms with Crippen LogP contribution in [0.2, 0.25) is 0 Å². The molecular formula is C11H25NO. The first-order valence-corrected chi connectivity index (χ1v) is 5.36. The Labute approximate surface area is 83.1 Å². The lowest BCUT2D eigenvalue weighted by molar-refractivity contribution is 0.0518. The fourth-order valence-electron chi connectivity index (χ4n) is 1.22. The molecule has 1 atom stereocenters. The van der Waals surface area contributed by atoms with E-state index in [1.54, 1.807) is 0 Å². The van der Waals surface area contributed by atoms with Crippen molar-refractivity contribution in [1.29, 1.82) is 0 Å². The Balaban J connectivity index is 3.68. The van der Waals surface area contributed by atoms with Crippen molar-refractivity contribution in [2.75, 3.05) is 13.2 Å². The van der Waals surface area contributed by atoms with Crippen molar-refractivity contribution in [2.45, 2.75) is 59.1 Å². The second-order valence-corrected chi connectivity index (χ2v) is 4.50. The van der Waals surface area contributed by atoms with Gasteiger partial charge in [0.25, 0.3) is 0 Å². The summed E-state index contributed by atoms with van der Waals surface area (Å²) in [7, 11) is 0. The van der Waals surface area contributed by atoms with E-state index in [2.05, 4.69) is 39.9 Å². The van der Waals surface area contributed by atoms with Gasteiger partial charge < -0.3 is 10.1 Å². The van der Waals surface area contributed by atoms with E-state index in [0.29, 0.717) is 6.10 Å². The summed E-state index contributed by atoms with van der Waals surface area (Å²) in [6, 6.07) is 0. The van der Waals surface area contributed by atoms with E-state index >= 15 is 0 Å². The third-order valence-electron chi connectivity index (χ3n) is 1.87. The van der Waals surface area contributed by atoms with Crippen molar-refractivity contribution >= 4 is 0 Å². The predicted molar refractivity (Wildman–Crippen MR) is 58.1 cm³/mol. The minimum Gasteiger partial charge on any atom is -0.377 e. The molecule has 0 aliphatic heterocycles. The van der Waals surface area contributed by atoms with Crippen molar-refractivity contribution in [3.63, 3.8) is 0 Å². The summed E-state index contributed by atoms with van der Waals surface area (Å²) < 4.78 is 5.62. The molecule has 0 heterocycles. The van der Waals surface area contributed by atoms with Gasteiger partial charge in [-0.15, -0.1) is 0 Å². The molecule has 0 aliphatic carbocycles. The largest absolute Gasteiger partial charge is 0.377 e. The summed E-state index contributed by atoms with van der Waals surface area (Å²) in [4.78, 5) is 0. The van der Waals surface area contributed by atoms with Crippen molar-refractivity contribution in [2.24, 2.45) is 0 Å². The molecule has 1 unspecified atom stereocenters. The molecule has 0 aromatic carbocycles. The normalized spacial score (nSPS) is 14.5. The van der Waals surface area contributed by atoms with Crippen LogP contribution in [0.1, 0.15) is 47.5 Å². The van der Waals surface area contributed by atoms with Crippen LogP contribution in [0.15, 0.2) is 0 Å². The molecule has 0 fully saturated rings. The Bertz CT molecular complexity index is 112. The van der Waals surface area contributed by atoms with Crippen molar-refractivity contribution < 1.29 is 4.74 Å². The average Bonchev–Trinajstić information content (AvgIpc) is 2.00. The van der Waals surface area contributed by atoms with E-state index in [4.69, 9.17) is 4.74 Å². The van der Waals surface area contributed by atoms with Gasteiger partial charge in [0.15, 0.2) is 0 Å². The van der Waals surface area contributed by atoms with Crippen LogP contribution in [0.4, 0.5) is 0 Å². The highest BCUT2D eigenvalue weighted by Gasteiger charge is 2.13. The second-order valence-electron chi connectivity index (χ2n) is 4.50. The van der Waals surface area contributed by atoms with Crippen LogP contribution >= 0.6 is 0 Å². The van der Waals surface area contributed by atoms with E-state index < -0.39 is 0 Å². The van der Waals surface area contributed by atoms with E-state index in [1.165, 1.54) is 6.42 Å². The molecular weight excluding hydrogens is 162 g/mol. The third-order valence-corrected chi connectivity index (χ3v) is 1.87. The lowest BCUT2D eigenvalue weighted by atomic mass is 10.1. The van der Waals surface area contributed by atoms with Crippen LogP contribution < -0.4 is 5.32 Å². The molecule has 80 valence electrons. The van der Waals surface area contributed by atoms with Crippen LogP contribution in [-0.4, -0.2) is 24.8 Å². The minimum absolute atomic E-state index is 0.198. The van der Waals surface area contributed by atoms with Crippen LogP contribution in [0, 0.1) is 0 Å². The van der Waals surface area contributed by atoms with Gasteiger partial charge in [-0.3, -0.25) is 0 Å². The lowest BCUT2D eigenvalue weighted by Gasteiger charge is -2.25. The second kappa shape index (κ2) is 6.39. The zero-order valence-corrected chi connectivity index (χ0v) is 9.81. The molecule has 0 spiro atoms. The molecule has 0 saturated heterocycles. The fraction of sp³-hybridized carbons (Fsp3) is 1.00. The molecule has 2 nitrogen and oxygen atoms in total. The van der Waals surface area contributed by atoms with Gasteiger partial charge in [-0.2, -0.15) is 0 Å². The first-order chi connectivity index (χ1) is 5.99. The maximum absolute atomic E-state index is 5.62. The Hall–Kier alpha value is -0.0800. The maximum atomic E-state index is 5.62. The highest BCUT2D eigenvalue weighted by atomic mass is 16.5. The first kappa shape index (κ1) is 12.9. The Morgan fingerprint density at radius 1 is 1.23 bits per heavy atom. The van der Waals surface area contributed by atoms with Crippen molar-refractivity contribution in [1.82, 2.24) is 5.32 Å². The van der Waals surface area contributed by atoms with Gasteiger partial charge in [-0.05, 0) is 34.1 Å². The van der Waals surface area contributed by atoms with Crippen LogP contribution in [0.25, 0.3) is 0 Å². The van der Waals surface area contributed by atoms with E-state index in [1.807, 2.05) is 0 Å². The topological polar surface area (TPSA) is 21.3 Å². The van der Waals surface area contributed by atoms with E-state index in [-0.39, 0.29) is 5.54 Å². The summed E-state index contributed by atoms with van der Waals surface area (Å²) in [5.74, 6) is 0. The molecule has 0 rings (SSSR count). The van der Waals surface area contributed by atoms with Gasteiger partial charge in [-0.25, -0.2) is 0 Å². The monoisotopic (exact) mass is 187 g/mol. The molecule has 0 amide bonds. The number of rotatable bonds is 6. The SMILES string of the molecule is CCCC(CNC(C)(C)C)OCC. The molecule has 0 aromatic heterocycles. The number of hydrogen-bond donors (Lipinski definition) is 1. The lowest BCUT2D eigenvalue weighted by Crippen LogP contribution is -2.41. The average molecular weight is 187 g/mol. The van der Waals surface area contributed by atoms with Gasteiger partial charge in [0.05, 0.1) is 6.10 Å². The summed E-state index contributed by atoms with van der Waals surface area (Å²) in [5, 5.41) is 3.47. The standard InChI is InChI=1S/C11H25NO/c1-6-8-10(13-7-2)9-12-11(3,4)5/h10,12H,6-9H2,1-5H3. The molecule has 0 saturated carbocycles. The number of hydrogen-bond acceptors (Lipinski definition) is 2. The Kier molecular flexibility index (Phi) is 6.35. The first-order valence-electron chi connectivity index (χ1n) is 5.36. The molecule has 0 radical (unpaired) electrons. The Morgan fingerprint density at radius 2 is 1.85 bits per heavy atom. The molecule has 13 heavy (non-hydrogen) atoms. The van der Waals surface area contributed by atoms with E-state index in [9.17, 15) is 0 Å². The summed E-state index contributed by atoms with van der Waals surface area (Å²) in [5.41, 5.74) is 0.198. The van der Waals surface area contributed by atoms with Gasteiger partial charge in [0, 0.05) is 18.7 Å². The summed E-state index contributed by atoms with van der Waals surface area (Å²) in [6.07, 6.45) is 2.72. The highest BCUT2D eigenvalue weighted by molar-refractivity contribution is 4.73. The van der Waals surface area contributed by atoms with Gasteiger partial charge in [-0.1, -0.05) is 13.3 Å². The number of ether oxygens (including phenoxy) is 1. The zero-order valence-electron chi connectivity index (χ0n) is 9.81. The third kappa shape index (κ3) is 8.26. The Morgan fingerprint density at radius 3 is 2.23 bits per heavy atom. The van der Waals surface area contributed by atoms with Crippen LogP contribution in [0.3, 0.4) is 0 Å². The molecule has 2 heteroatoms. The van der Waals surface area contributed by atoms with Crippen LogP contribution in [0.5, 0.6) is 0 Å². The molecule has 0 bridgehead atoms. The maximum Gasteiger partial charge on any atom is 0.0699 e. The summed E-state index contributed by atoms with van der Waals surface area (Å²) in [6.45, 7) is 12.6. The predicted octanol–water partition coefficient (Wildman–Crippen LogP) is 2.58. The zero-order chi connectivity index (χ0) is 10.3.